The third kappa shape index (κ3) is 3.73. The Morgan fingerprint density at radius 3 is 2.60 bits per heavy atom. The van der Waals surface area contributed by atoms with Crippen LogP contribution in [0, 0.1) is 22.7 Å². The van der Waals surface area contributed by atoms with Gasteiger partial charge in [0.1, 0.15) is 35.1 Å². The average molecular weight is 462 g/mol. The molecule has 0 amide bonds. The Labute approximate surface area is 212 Å². The fraction of sp³-hybridized carbons (Fsp3) is 0.458. The SMILES string of the molecule is BC(B)(B)O[C@@H]1CC[C@]2(Cc3ccc(-c4cncc(C#N)c4)cc3[C@]23N=C(N)OC3(B)B)C[C@H]1C. The van der Waals surface area contributed by atoms with Crippen molar-refractivity contribution < 1.29 is 9.47 Å². The number of pyridine rings is 1. The van der Waals surface area contributed by atoms with Crippen molar-refractivity contribution in [3.63, 3.8) is 0 Å². The summed E-state index contributed by atoms with van der Waals surface area (Å²) in [4.78, 5) is 9.43. The monoisotopic (exact) mass is 462 g/mol. The molecule has 0 bridgehead atoms. The minimum atomic E-state index is -0.592. The molecule has 0 unspecified atom stereocenters. The van der Waals surface area contributed by atoms with Crippen molar-refractivity contribution in [1.29, 1.82) is 5.26 Å². The van der Waals surface area contributed by atoms with Gasteiger partial charge in [0.2, 0.25) is 0 Å². The highest BCUT2D eigenvalue weighted by Crippen LogP contribution is 2.66. The minimum Gasteiger partial charge on any atom is -0.475 e. The normalized spacial score (nSPS) is 31.0. The minimum absolute atomic E-state index is 0.109. The molecule has 1 aliphatic heterocycles. The van der Waals surface area contributed by atoms with Gasteiger partial charge in [0.15, 0.2) is 15.7 Å². The summed E-state index contributed by atoms with van der Waals surface area (Å²) in [6.45, 7) is 2.31. The van der Waals surface area contributed by atoms with Crippen molar-refractivity contribution in [2.75, 3.05) is 0 Å². The van der Waals surface area contributed by atoms with E-state index in [4.69, 9.17) is 20.2 Å². The lowest BCUT2D eigenvalue weighted by Crippen LogP contribution is -2.60. The zero-order chi connectivity index (χ0) is 25.2. The number of hydrogen-bond acceptors (Lipinski definition) is 6. The molecule has 5 rings (SSSR count). The van der Waals surface area contributed by atoms with Crippen LogP contribution in [0.3, 0.4) is 0 Å². The Balaban J connectivity index is 1.62. The molecule has 6 nitrogen and oxygen atoms in total. The number of fused-ring (bicyclic) bond motifs is 3. The lowest BCUT2D eigenvalue weighted by Gasteiger charge is -2.53. The van der Waals surface area contributed by atoms with E-state index < -0.39 is 10.9 Å². The van der Waals surface area contributed by atoms with Gasteiger partial charge in [-0.2, -0.15) is 5.26 Å². The Kier molecular flexibility index (Phi) is 5.49. The van der Waals surface area contributed by atoms with E-state index >= 15 is 0 Å². The topological polar surface area (TPSA) is 93.5 Å². The fourth-order valence-electron chi connectivity index (χ4n) is 7.16. The first-order valence-corrected chi connectivity index (χ1v) is 12.6. The van der Waals surface area contributed by atoms with Gasteiger partial charge in [-0.1, -0.05) is 19.1 Å². The highest BCUT2D eigenvalue weighted by atomic mass is 16.5. The lowest BCUT2D eigenvalue weighted by atomic mass is 9.44. The van der Waals surface area contributed by atoms with Gasteiger partial charge in [-0.05, 0) is 65.7 Å². The molecule has 2 aliphatic carbocycles. The molecular weight excluding hydrogens is 430 g/mol. The van der Waals surface area contributed by atoms with Gasteiger partial charge < -0.3 is 15.2 Å². The molecule has 1 aromatic heterocycles. The van der Waals surface area contributed by atoms with Crippen molar-refractivity contribution >= 4 is 45.3 Å². The Morgan fingerprint density at radius 2 is 1.97 bits per heavy atom. The van der Waals surface area contributed by atoms with Crippen LogP contribution in [0.5, 0.6) is 0 Å². The molecule has 0 saturated heterocycles. The molecule has 11 heteroatoms. The zero-order valence-corrected chi connectivity index (χ0v) is 21.7. The quantitative estimate of drug-likeness (QED) is 0.553. The molecule has 3 aliphatic rings. The lowest BCUT2D eigenvalue weighted by molar-refractivity contribution is -0.0743. The van der Waals surface area contributed by atoms with Crippen LogP contribution in [0.15, 0.2) is 41.7 Å². The third-order valence-electron chi connectivity index (χ3n) is 8.27. The van der Waals surface area contributed by atoms with Crippen molar-refractivity contribution in [3.05, 3.63) is 53.3 Å². The maximum Gasteiger partial charge on any atom is 0.282 e. The summed E-state index contributed by atoms with van der Waals surface area (Å²) >= 11 is 0. The second-order valence-corrected chi connectivity index (χ2v) is 12.2. The molecule has 1 saturated carbocycles. The standard InChI is InChI=1S/C24H31B5N4O2/c1-13-8-21(5-4-19(13)34-24(27,28)29)9-16-3-2-15(17-6-14(10-30)11-32-12-17)7-18(16)22(21)23(25,26)35-20(31)33-22/h2-3,6-7,11-13,19H,4-5,8-9,25-29H2,1H3,(H2,31,33)/t13-,19-,21-,22+/m1/s1. The number of nitrogens with zero attached hydrogens (tertiary/aromatic N) is 3. The van der Waals surface area contributed by atoms with Crippen LogP contribution in [-0.2, 0) is 21.4 Å². The van der Waals surface area contributed by atoms with Gasteiger partial charge in [0.25, 0.3) is 6.02 Å². The number of nitriles is 1. The number of nitrogens with two attached hydrogens (primary N) is 1. The largest absolute Gasteiger partial charge is 0.475 e. The van der Waals surface area contributed by atoms with Crippen molar-refractivity contribution in [2.24, 2.45) is 22.1 Å². The molecule has 2 heterocycles. The summed E-state index contributed by atoms with van der Waals surface area (Å²) < 4.78 is 12.7. The highest BCUT2D eigenvalue weighted by Gasteiger charge is 2.69. The van der Waals surface area contributed by atoms with E-state index in [1.807, 2.05) is 12.3 Å². The van der Waals surface area contributed by atoms with Gasteiger partial charge in [0.05, 0.1) is 17.1 Å². The first-order chi connectivity index (χ1) is 16.4. The Bertz CT molecular complexity index is 1260. The Morgan fingerprint density at radius 1 is 1.20 bits per heavy atom. The summed E-state index contributed by atoms with van der Waals surface area (Å²) in [6.07, 6.45) is 7.54. The molecular formula is C24H31B5N4O2. The fourth-order valence-corrected chi connectivity index (χ4v) is 7.16. The van der Waals surface area contributed by atoms with Crippen LogP contribution < -0.4 is 5.73 Å². The van der Waals surface area contributed by atoms with E-state index in [2.05, 4.69) is 75.4 Å². The second-order valence-electron chi connectivity index (χ2n) is 12.2. The van der Waals surface area contributed by atoms with Crippen molar-refractivity contribution in [1.82, 2.24) is 4.98 Å². The van der Waals surface area contributed by atoms with E-state index in [0.29, 0.717) is 11.5 Å². The molecule has 35 heavy (non-hydrogen) atoms. The van der Waals surface area contributed by atoms with Crippen LogP contribution in [0.4, 0.5) is 0 Å². The van der Waals surface area contributed by atoms with Crippen LogP contribution in [0.25, 0.3) is 11.1 Å². The maximum absolute atomic E-state index is 9.36. The van der Waals surface area contributed by atoms with E-state index in [1.54, 1.807) is 6.20 Å². The first kappa shape index (κ1) is 24.1. The molecule has 2 aromatic rings. The van der Waals surface area contributed by atoms with E-state index in [-0.39, 0.29) is 22.8 Å². The smallest absolute Gasteiger partial charge is 0.282 e. The predicted octanol–water partition coefficient (Wildman–Crippen LogP) is -1.66. The molecule has 2 spiro atoms. The van der Waals surface area contributed by atoms with Gasteiger partial charge in [0, 0.05) is 23.4 Å². The highest BCUT2D eigenvalue weighted by molar-refractivity contribution is 6.58. The summed E-state index contributed by atoms with van der Waals surface area (Å²) in [5, 5.41) is 8.60. The number of benzene rings is 1. The molecule has 4 atom stereocenters. The molecule has 1 aromatic carbocycles. The van der Waals surface area contributed by atoms with Crippen molar-refractivity contribution in [2.45, 2.75) is 54.9 Å². The second kappa shape index (κ2) is 7.96. The number of amidine groups is 1. The molecule has 0 radical (unpaired) electrons. The number of rotatable bonds is 3. The summed E-state index contributed by atoms with van der Waals surface area (Å²) in [5.41, 5.74) is 10.6. The summed E-state index contributed by atoms with van der Waals surface area (Å²) in [5.74, 6) is 0.387. The first-order valence-electron chi connectivity index (χ1n) is 12.6. The van der Waals surface area contributed by atoms with Crippen molar-refractivity contribution in [3.8, 4) is 17.2 Å². The summed E-state index contributed by atoms with van der Waals surface area (Å²) in [6, 6.07) is 10.9. The summed E-state index contributed by atoms with van der Waals surface area (Å²) in [7, 11) is 10.6. The van der Waals surface area contributed by atoms with Crippen LogP contribution in [0.1, 0.15) is 42.9 Å². The number of aliphatic imine (C=N–C) groups is 1. The average Bonchev–Trinajstić information content (AvgIpc) is 3.19. The molecule has 174 valence electrons. The number of aromatic nitrogens is 1. The van der Waals surface area contributed by atoms with Gasteiger partial charge in [-0.15, -0.1) is 0 Å². The third-order valence-corrected chi connectivity index (χ3v) is 8.27. The van der Waals surface area contributed by atoms with Gasteiger partial charge >= 0.3 is 0 Å². The predicted molar refractivity (Wildman–Crippen MR) is 151 cm³/mol. The van der Waals surface area contributed by atoms with Crippen LogP contribution in [0.2, 0.25) is 0 Å². The van der Waals surface area contributed by atoms with Crippen LogP contribution in [-0.4, -0.2) is 67.0 Å². The molecule has 2 N–H and O–H groups in total. The molecule has 1 fully saturated rings. The van der Waals surface area contributed by atoms with Crippen LogP contribution >= 0.6 is 0 Å². The van der Waals surface area contributed by atoms with E-state index in [0.717, 1.165) is 36.8 Å². The van der Waals surface area contributed by atoms with Gasteiger partial charge in [-0.3, -0.25) is 4.98 Å². The Hall–Kier alpha value is -2.59. The van der Waals surface area contributed by atoms with Gasteiger partial charge in [-0.25, -0.2) is 4.99 Å². The number of ether oxygens (including phenoxy) is 2. The maximum atomic E-state index is 9.36. The van der Waals surface area contributed by atoms with E-state index in [1.165, 1.54) is 11.1 Å². The van der Waals surface area contributed by atoms with E-state index in [9.17, 15) is 5.26 Å². The number of hydrogen-bond donors (Lipinski definition) is 1. The zero-order valence-electron chi connectivity index (χ0n) is 21.7.